The van der Waals surface area contributed by atoms with E-state index in [-0.39, 0.29) is 50.7 Å². The number of fused-ring (bicyclic) bond motifs is 2. The van der Waals surface area contributed by atoms with Crippen molar-refractivity contribution in [2.75, 3.05) is 0 Å². The van der Waals surface area contributed by atoms with Crippen LogP contribution >= 0.6 is 0 Å². The van der Waals surface area contributed by atoms with E-state index in [1.807, 2.05) is 0 Å². The first-order chi connectivity index (χ1) is 8.93. The Balaban J connectivity index is 0.000000333. The van der Waals surface area contributed by atoms with Crippen LogP contribution in [0.3, 0.4) is 0 Å². The molecule has 0 N–H and O–H groups in total. The zero-order chi connectivity index (χ0) is 12.2. The van der Waals surface area contributed by atoms with Crippen molar-refractivity contribution in [3.8, 4) is 0 Å². The van der Waals surface area contributed by atoms with Gasteiger partial charge in [-0.1, -0.05) is 12.1 Å². The maximum Gasteiger partial charge on any atom is 4.00 e. The average Bonchev–Trinajstić information content (AvgIpc) is 3.08. The second-order valence-electron chi connectivity index (χ2n) is 4.31. The monoisotopic (exact) mass is 480 g/mol. The summed E-state index contributed by atoms with van der Waals surface area (Å²) in [4.78, 5) is 0. The number of rotatable bonds is 0. The van der Waals surface area contributed by atoms with Crippen LogP contribution in [-0.4, -0.2) is 0 Å². The minimum Gasteiger partial charge on any atom is -1.00 e. The van der Waals surface area contributed by atoms with E-state index < -0.39 is 0 Å². The molecule has 0 aliphatic heterocycles. The summed E-state index contributed by atoms with van der Waals surface area (Å²) in [6, 6.07) is 29.3. The van der Waals surface area contributed by atoms with Crippen LogP contribution in [0.2, 0.25) is 0 Å². The Morgan fingerprint density at radius 3 is 1.29 bits per heavy atom. The molecule has 4 aromatic rings. The molecule has 0 saturated carbocycles. The third-order valence-electron chi connectivity index (χ3n) is 3.10. The molecule has 0 nitrogen and oxygen atoms in total. The molecule has 0 bridgehead atoms. The fourth-order valence-electron chi connectivity index (χ4n) is 2.14. The Kier molecular flexibility index (Phi) is 9.52. The molecule has 0 saturated heterocycles. The van der Waals surface area contributed by atoms with Crippen LogP contribution in [0.25, 0.3) is 21.5 Å². The van der Waals surface area contributed by atoms with E-state index in [1.165, 1.54) is 21.5 Å². The molecule has 0 unspecified atom stereocenters. The molecule has 0 radical (unpaired) electrons. The Labute approximate surface area is 156 Å². The van der Waals surface area contributed by atoms with Crippen molar-refractivity contribution < 1.29 is 50.7 Å². The molecule has 0 atom stereocenters. The molecule has 0 fully saturated rings. The molecule has 0 aliphatic rings. The molecule has 0 amide bonds. The van der Waals surface area contributed by atoms with E-state index in [2.05, 4.69) is 84.9 Å². The first-order valence-electron chi connectivity index (χ1n) is 6.14. The number of halogens is 2. The zero-order valence-corrected chi connectivity index (χ0v) is 16.4. The second-order valence-corrected chi connectivity index (χ2v) is 4.31. The van der Waals surface area contributed by atoms with Gasteiger partial charge in [0.05, 0.1) is 0 Å². The van der Waals surface area contributed by atoms with Gasteiger partial charge in [0, 0.05) is 0 Å². The molecule has 0 aromatic heterocycles. The first-order valence-corrected chi connectivity index (χ1v) is 6.14. The molecule has 4 rings (SSSR count). The first kappa shape index (κ1) is 20.1. The average molecular weight is 480 g/mol. The summed E-state index contributed by atoms with van der Waals surface area (Å²) in [6.07, 6.45) is 0. The maximum absolute atomic E-state index is 2.12. The van der Waals surface area contributed by atoms with Crippen molar-refractivity contribution in [3.05, 3.63) is 84.9 Å². The molecule has 3 heteroatoms. The summed E-state index contributed by atoms with van der Waals surface area (Å²) in [5.74, 6) is 0. The van der Waals surface area contributed by atoms with Crippen LogP contribution in [0, 0.1) is 0 Å². The van der Waals surface area contributed by atoms with Crippen LogP contribution in [0.15, 0.2) is 84.9 Å². The Morgan fingerprint density at radius 2 is 0.905 bits per heavy atom. The van der Waals surface area contributed by atoms with Crippen molar-refractivity contribution >= 4 is 21.5 Å². The van der Waals surface area contributed by atoms with Crippen molar-refractivity contribution in [1.82, 2.24) is 0 Å². The van der Waals surface area contributed by atoms with Crippen molar-refractivity contribution in [2.24, 2.45) is 0 Å². The molecular formula is C18H14Cl2Hf. The van der Waals surface area contributed by atoms with E-state index in [4.69, 9.17) is 0 Å². The smallest absolute Gasteiger partial charge is 1.00 e. The summed E-state index contributed by atoms with van der Waals surface area (Å²) in [5.41, 5.74) is 0. The molecule has 21 heavy (non-hydrogen) atoms. The standard InChI is InChI=1S/2C9H7.2ClH.Hf/c2*1-2-5-9-7-3-6-8(9)4-1;;;/h2*1-7H;2*1H;/q2*-1;;;+4/p-2. The van der Waals surface area contributed by atoms with Gasteiger partial charge in [0.1, 0.15) is 0 Å². The molecule has 0 spiro atoms. The van der Waals surface area contributed by atoms with Gasteiger partial charge in [-0.05, 0) is 0 Å². The second kappa shape index (κ2) is 9.94. The van der Waals surface area contributed by atoms with E-state index >= 15 is 0 Å². The van der Waals surface area contributed by atoms with Gasteiger partial charge in [0.15, 0.2) is 0 Å². The van der Waals surface area contributed by atoms with Crippen LogP contribution in [0.5, 0.6) is 0 Å². The van der Waals surface area contributed by atoms with Gasteiger partial charge >= 0.3 is 25.8 Å². The van der Waals surface area contributed by atoms with Gasteiger partial charge in [-0.3, -0.25) is 0 Å². The summed E-state index contributed by atoms with van der Waals surface area (Å²) in [7, 11) is 0. The SMILES string of the molecule is [Cl-].[Cl-].[Hf+4].c1ccc2[cH-]ccc2c1.c1ccc2[cH-]ccc2c1. The third kappa shape index (κ3) is 5.10. The van der Waals surface area contributed by atoms with Gasteiger partial charge in [-0.15, -0.1) is 59.3 Å². The van der Waals surface area contributed by atoms with Crippen LogP contribution in [0.4, 0.5) is 0 Å². The van der Waals surface area contributed by atoms with Crippen molar-refractivity contribution in [1.29, 1.82) is 0 Å². The van der Waals surface area contributed by atoms with E-state index in [9.17, 15) is 0 Å². The van der Waals surface area contributed by atoms with Crippen molar-refractivity contribution in [2.45, 2.75) is 0 Å². The molecule has 104 valence electrons. The molecule has 4 aromatic carbocycles. The van der Waals surface area contributed by atoms with E-state index in [0.717, 1.165) is 0 Å². The number of hydrogen-bond donors (Lipinski definition) is 0. The summed E-state index contributed by atoms with van der Waals surface area (Å²) >= 11 is 0. The quantitative estimate of drug-likeness (QED) is 0.227. The van der Waals surface area contributed by atoms with Gasteiger partial charge in [0.25, 0.3) is 0 Å². The Morgan fingerprint density at radius 1 is 0.524 bits per heavy atom. The summed E-state index contributed by atoms with van der Waals surface area (Å²) in [5, 5.41) is 5.32. The molecular weight excluding hydrogens is 466 g/mol. The topological polar surface area (TPSA) is 0 Å². The van der Waals surface area contributed by atoms with Crippen LogP contribution in [-0.2, 0) is 25.8 Å². The maximum atomic E-state index is 2.12. The van der Waals surface area contributed by atoms with Gasteiger partial charge in [0.2, 0.25) is 0 Å². The number of benzene rings is 2. The predicted molar refractivity (Wildman–Crippen MR) is 79.1 cm³/mol. The Bertz CT molecular complexity index is 629. The zero-order valence-electron chi connectivity index (χ0n) is 11.3. The normalized spacial score (nSPS) is 8.76. The van der Waals surface area contributed by atoms with Crippen molar-refractivity contribution in [3.63, 3.8) is 0 Å². The van der Waals surface area contributed by atoms with E-state index in [1.54, 1.807) is 0 Å². The van der Waals surface area contributed by atoms with Crippen LogP contribution in [0.1, 0.15) is 0 Å². The van der Waals surface area contributed by atoms with E-state index in [0.29, 0.717) is 0 Å². The number of hydrogen-bond acceptors (Lipinski definition) is 0. The van der Waals surface area contributed by atoms with Gasteiger partial charge in [-0.2, -0.15) is 35.0 Å². The summed E-state index contributed by atoms with van der Waals surface area (Å²) < 4.78 is 0. The largest absolute Gasteiger partial charge is 4.00 e. The Hall–Kier alpha value is -0.890. The molecule has 0 heterocycles. The van der Waals surface area contributed by atoms with Gasteiger partial charge in [-0.25, -0.2) is 0 Å². The van der Waals surface area contributed by atoms with Crippen LogP contribution < -0.4 is 24.8 Å². The van der Waals surface area contributed by atoms with Gasteiger partial charge < -0.3 is 24.8 Å². The molecule has 0 aliphatic carbocycles. The fourth-order valence-corrected chi connectivity index (χ4v) is 2.14. The minimum atomic E-state index is 0. The predicted octanol–water partition coefficient (Wildman–Crippen LogP) is -0.877. The minimum absolute atomic E-state index is 0. The third-order valence-corrected chi connectivity index (χ3v) is 3.10. The fraction of sp³-hybridized carbons (Fsp3) is 0. The summed E-state index contributed by atoms with van der Waals surface area (Å²) in [6.45, 7) is 0.